The molecule has 3 aromatic rings. The molecule has 1 amide bonds. The summed E-state index contributed by atoms with van der Waals surface area (Å²) in [5.41, 5.74) is 1.58. The lowest BCUT2D eigenvalue weighted by Crippen LogP contribution is -2.49. The molecule has 7 nitrogen and oxygen atoms in total. The molecule has 0 aliphatic carbocycles. The van der Waals surface area contributed by atoms with Crippen molar-refractivity contribution >= 4 is 35.5 Å². The number of aromatic nitrogens is 1. The van der Waals surface area contributed by atoms with Gasteiger partial charge < -0.3 is 19.0 Å². The van der Waals surface area contributed by atoms with Crippen LogP contribution in [0.2, 0.25) is 5.02 Å². The Balaban J connectivity index is 1.46. The molecule has 2 aromatic carbocycles. The Morgan fingerprint density at radius 2 is 1.84 bits per heavy atom. The van der Waals surface area contributed by atoms with Gasteiger partial charge in [0.2, 0.25) is 17.5 Å². The molecule has 1 aliphatic heterocycles. The average molecular weight is 449 g/mol. The van der Waals surface area contributed by atoms with Gasteiger partial charge in [0.15, 0.2) is 0 Å². The van der Waals surface area contributed by atoms with Gasteiger partial charge in [-0.3, -0.25) is 4.79 Å². The molecule has 0 bridgehead atoms. The van der Waals surface area contributed by atoms with E-state index in [0.717, 1.165) is 11.3 Å². The summed E-state index contributed by atoms with van der Waals surface area (Å²) >= 11 is 6.17. The highest BCUT2D eigenvalue weighted by atomic mass is 35.5. The first-order valence-electron chi connectivity index (χ1n) is 10.1. The van der Waals surface area contributed by atoms with E-state index in [-0.39, 0.29) is 11.6 Å². The van der Waals surface area contributed by atoms with Crippen molar-refractivity contribution < 1.29 is 13.9 Å². The molecule has 1 saturated heterocycles. The van der Waals surface area contributed by atoms with Crippen LogP contribution in [-0.4, -0.2) is 49.1 Å². The van der Waals surface area contributed by atoms with Crippen molar-refractivity contribution in [3.63, 3.8) is 0 Å². The Morgan fingerprint density at radius 3 is 2.56 bits per heavy atom. The number of nitrogens with zero attached hydrogens (tertiary/aromatic N) is 4. The number of halogens is 1. The third kappa shape index (κ3) is 4.46. The third-order valence-corrected chi connectivity index (χ3v) is 5.56. The minimum absolute atomic E-state index is 0.103. The van der Waals surface area contributed by atoms with Crippen LogP contribution in [0.1, 0.15) is 27.5 Å². The van der Waals surface area contributed by atoms with Gasteiger partial charge >= 0.3 is 0 Å². The number of carbonyl (C=O) groups is 1. The molecule has 0 saturated carbocycles. The van der Waals surface area contributed by atoms with Crippen molar-refractivity contribution in [2.45, 2.75) is 0 Å². The van der Waals surface area contributed by atoms with E-state index in [0.29, 0.717) is 48.5 Å². The summed E-state index contributed by atoms with van der Waals surface area (Å²) in [7, 11) is 1.61. The number of ether oxygens (including phenoxy) is 1. The fourth-order valence-corrected chi connectivity index (χ4v) is 3.79. The highest BCUT2D eigenvalue weighted by molar-refractivity contribution is 6.33. The fourth-order valence-electron chi connectivity index (χ4n) is 3.57. The first-order valence-corrected chi connectivity index (χ1v) is 10.5. The number of carbonyl (C=O) groups excluding carboxylic acids is 1. The predicted molar refractivity (Wildman–Crippen MR) is 123 cm³/mol. The van der Waals surface area contributed by atoms with Crippen LogP contribution < -0.4 is 9.64 Å². The number of nitriles is 1. The number of oxazole rings is 1. The maximum atomic E-state index is 12.8. The van der Waals surface area contributed by atoms with E-state index >= 15 is 0 Å². The maximum absolute atomic E-state index is 12.8. The molecule has 0 N–H and O–H groups in total. The number of piperazine rings is 1. The number of para-hydroxylation sites is 1. The number of rotatable bonds is 5. The lowest BCUT2D eigenvalue weighted by molar-refractivity contribution is 0.0745. The van der Waals surface area contributed by atoms with Gasteiger partial charge in [-0.15, -0.1) is 0 Å². The molecule has 0 radical (unpaired) electrons. The summed E-state index contributed by atoms with van der Waals surface area (Å²) in [5.74, 6) is 1.37. The van der Waals surface area contributed by atoms with E-state index in [2.05, 4.69) is 11.1 Å². The number of hydrogen-bond donors (Lipinski definition) is 0. The van der Waals surface area contributed by atoms with Gasteiger partial charge in [0.1, 0.15) is 11.8 Å². The van der Waals surface area contributed by atoms with Crippen LogP contribution in [0, 0.1) is 11.3 Å². The standard InChI is InChI=1S/C24H21ClN4O3/c1-31-21-9-5-2-6-17(21)10-11-22-27-20(16-26)24(32-22)29-14-12-28(13-15-29)23(30)18-7-3-4-8-19(18)25/h2-11H,12-15H2,1H3/b11-10+. The zero-order chi connectivity index (χ0) is 22.5. The zero-order valence-corrected chi connectivity index (χ0v) is 18.2. The van der Waals surface area contributed by atoms with Gasteiger partial charge in [-0.25, -0.2) is 0 Å². The molecule has 32 heavy (non-hydrogen) atoms. The Bertz CT molecular complexity index is 1190. The van der Waals surface area contributed by atoms with Gasteiger partial charge in [0.25, 0.3) is 5.91 Å². The summed E-state index contributed by atoms with van der Waals surface area (Å²) in [4.78, 5) is 20.8. The van der Waals surface area contributed by atoms with Crippen LogP contribution in [0.5, 0.6) is 5.75 Å². The van der Waals surface area contributed by atoms with E-state index in [4.69, 9.17) is 20.8 Å². The van der Waals surface area contributed by atoms with E-state index in [9.17, 15) is 10.1 Å². The predicted octanol–water partition coefficient (Wildman–Crippen LogP) is 4.34. The zero-order valence-electron chi connectivity index (χ0n) is 17.5. The monoisotopic (exact) mass is 448 g/mol. The largest absolute Gasteiger partial charge is 0.496 e. The Labute approximate surface area is 191 Å². The third-order valence-electron chi connectivity index (χ3n) is 5.23. The van der Waals surface area contributed by atoms with Gasteiger partial charge in [-0.05, 0) is 24.3 Å². The molecule has 1 aliphatic rings. The molecule has 0 atom stereocenters. The van der Waals surface area contributed by atoms with Gasteiger partial charge in [-0.1, -0.05) is 41.9 Å². The highest BCUT2D eigenvalue weighted by Gasteiger charge is 2.27. The second-order valence-corrected chi connectivity index (χ2v) is 7.56. The minimum atomic E-state index is -0.103. The average Bonchev–Trinajstić information content (AvgIpc) is 3.26. The maximum Gasteiger partial charge on any atom is 0.255 e. The summed E-state index contributed by atoms with van der Waals surface area (Å²) in [6.07, 6.45) is 3.54. The number of anilines is 1. The lowest BCUT2D eigenvalue weighted by atomic mass is 10.2. The number of benzene rings is 2. The molecular formula is C24H21ClN4O3. The summed E-state index contributed by atoms with van der Waals surface area (Å²) in [6.45, 7) is 2.02. The van der Waals surface area contributed by atoms with Crippen molar-refractivity contribution in [3.8, 4) is 11.8 Å². The topological polar surface area (TPSA) is 82.6 Å². The van der Waals surface area contributed by atoms with Crippen LogP contribution in [-0.2, 0) is 0 Å². The van der Waals surface area contributed by atoms with E-state index in [1.165, 1.54) is 0 Å². The quantitative estimate of drug-likeness (QED) is 0.577. The first kappa shape index (κ1) is 21.5. The van der Waals surface area contributed by atoms with E-state index in [1.807, 2.05) is 35.2 Å². The van der Waals surface area contributed by atoms with Crippen molar-refractivity contribution in [1.29, 1.82) is 5.26 Å². The van der Waals surface area contributed by atoms with Gasteiger partial charge in [0.05, 0.1) is 17.7 Å². The second kappa shape index (κ2) is 9.58. The Kier molecular flexibility index (Phi) is 6.43. The molecule has 0 unspecified atom stereocenters. The van der Waals surface area contributed by atoms with Crippen LogP contribution in [0.25, 0.3) is 12.2 Å². The van der Waals surface area contributed by atoms with Gasteiger partial charge in [-0.2, -0.15) is 10.2 Å². The molecule has 1 fully saturated rings. The van der Waals surface area contributed by atoms with Crippen molar-refractivity contribution in [2.75, 3.05) is 38.2 Å². The highest BCUT2D eigenvalue weighted by Crippen LogP contribution is 2.26. The summed E-state index contributed by atoms with van der Waals surface area (Å²) < 4.78 is 11.2. The normalized spacial score (nSPS) is 13.9. The van der Waals surface area contributed by atoms with Crippen LogP contribution in [0.3, 0.4) is 0 Å². The Hall–Kier alpha value is -3.76. The molecular weight excluding hydrogens is 428 g/mol. The summed E-state index contributed by atoms with van der Waals surface area (Å²) in [6, 6.07) is 16.7. The smallest absolute Gasteiger partial charge is 0.255 e. The van der Waals surface area contributed by atoms with Crippen LogP contribution >= 0.6 is 11.6 Å². The molecule has 8 heteroatoms. The van der Waals surface area contributed by atoms with Crippen molar-refractivity contribution in [2.24, 2.45) is 0 Å². The fraction of sp³-hybridized carbons (Fsp3) is 0.208. The van der Waals surface area contributed by atoms with E-state index < -0.39 is 0 Å². The van der Waals surface area contributed by atoms with E-state index in [1.54, 1.807) is 42.4 Å². The Morgan fingerprint density at radius 1 is 1.12 bits per heavy atom. The van der Waals surface area contributed by atoms with Crippen molar-refractivity contribution in [1.82, 2.24) is 9.88 Å². The molecule has 162 valence electrons. The lowest BCUT2D eigenvalue weighted by Gasteiger charge is -2.34. The summed E-state index contributed by atoms with van der Waals surface area (Å²) in [5, 5.41) is 9.97. The molecule has 0 spiro atoms. The second-order valence-electron chi connectivity index (χ2n) is 7.15. The van der Waals surface area contributed by atoms with Gasteiger partial charge in [0, 0.05) is 37.8 Å². The van der Waals surface area contributed by atoms with Crippen molar-refractivity contribution in [3.05, 3.63) is 76.3 Å². The molecule has 4 rings (SSSR count). The SMILES string of the molecule is COc1ccccc1/C=C/c1nc(C#N)c(N2CCN(C(=O)c3ccccc3Cl)CC2)o1. The number of hydrogen-bond acceptors (Lipinski definition) is 6. The minimum Gasteiger partial charge on any atom is -0.496 e. The van der Waals surface area contributed by atoms with Crippen LogP contribution in [0.15, 0.2) is 52.9 Å². The number of methoxy groups -OCH3 is 1. The van der Waals surface area contributed by atoms with Crippen LogP contribution in [0.4, 0.5) is 5.88 Å². The molecule has 1 aromatic heterocycles. The molecule has 2 heterocycles. The first-order chi connectivity index (χ1) is 15.6. The number of amides is 1.